The Balaban J connectivity index is 1.39. The van der Waals surface area contributed by atoms with Crippen molar-refractivity contribution in [2.24, 2.45) is 0 Å². The zero-order valence-electron chi connectivity index (χ0n) is 21.6. The van der Waals surface area contributed by atoms with Gasteiger partial charge in [0, 0.05) is 28.1 Å². The standard InChI is InChI=1S/C30H28ClNO7/c1-19-25(18-29(35)39-16-15-38-28(34)14-5-20-3-10-23(33)11-4-20)26-17-24(37-2)12-13-27(26)32(19)30(36)21-6-8-22(31)9-7-21/h3-4,6-13,17,33H,5,14-16,18H2,1-2H3. The van der Waals surface area contributed by atoms with Gasteiger partial charge in [0.05, 0.1) is 19.0 Å². The SMILES string of the molecule is COc1ccc2c(c1)c(CC(=O)OCCOC(=O)CCc1ccc(O)cc1)c(C)n2C(=O)c1ccc(Cl)cc1. The van der Waals surface area contributed by atoms with Gasteiger partial charge in [0.1, 0.15) is 24.7 Å². The molecule has 0 amide bonds. The van der Waals surface area contributed by atoms with Gasteiger partial charge in [0.2, 0.25) is 0 Å². The molecule has 0 atom stereocenters. The van der Waals surface area contributed by atoms with Crippen LogP contribution in [0.1, 0.15) is 33.6 Å². The first kappa shape index (κ1) is 27.7. The molecule has 0 spiro atoms. The lowest BCUT2D eigenvalue weighted by Gasteiger charge is -2.09. The first-order valence-corrected chi connectivity index (χ1v) is 12.7. The predicted octanol–water partition coefficient (Wildman–Crippen LogP) is 5.27. The number of benzene rings is 3. The molecule has 0 saturated heterocycles. The molecular weight excluding hydrogens is 522 g/mol. The van der Waals surface area contributed by atoms with E-state index in [-0.39, 0.29) is 37.7 Å². The molecular formula is C30H28ClNO7. The Bertz CT molecular complexity index is 1490. The topological polar surface area (TPSA) is 104 Å². The van der Waals surface area contributed by atoms with Crippen molar-refractivity contribution >= 4 is 40.3 Å². The number of carbonyl (C=O) groups is 3. The van der Waals surface area contributed by atoms with Crippen LogP contribution in [-0.2, 0) is 31.9 Å². The summed E-state index contributed by atoms with van der Waals surface area (Å²) in [5.74, 6) is -0.425. The molecule has 0 aliphatic rings. The second-order valence-electron chi connectivity index (χ2n) is 8.88. The van der Waals surface area contributed by atoms with Crippen LogP contribution in [0, 0.1) is 6.92 Å². The number of esters is 2. The highest BCUT2D eigenvalue weighted by molar-refractivity contribution is 6.30. The van der Waals surface area contributed by atoms with E-state index in [2.05, 4.69) is 0 Å². The molecule has 9 heteroatoms. The fourth-order valence-electron chi connectivity index (χ4n) is 4.28. The van der Waals surface area contributed by atoms with E-state index in [1.807, 2.05) is 0 Å². The zero-order valence-corrected chi connectivity index (χ0v) is 22.4. The Kier molecular flexibility index (Phi) is 8.88. The van der Waals surface area contributed by atoms with Crippen molar-refractivity contribution in [3.05, 3.63) is 94.1 Å². The summed E-state index contributed by atoms with van der Waals surface area (Å²) in [7, 11) is 1.55. The number of rotatable bonds is 10. The van der Waals surface area contributed by atoms with Crippen molar-refractivity contribution < 1.29 is 33.7 Å². The lowest BCUT2D eigenvalue weighted by Crippen LogP contribution is -2.16. The van der Waals surface area contributed by atoms with E-state index in [0.29, 0.717) is 44.9 Å². The van der Waals surface area contributed by atoms with Gasteiger partial charge in [-0.1, -0.05) is 23.7 Å². The lowest BCUT2D eigenvalue weighted by atomic mass is 10.1. The maximum absolute atomic E-state index is 13.4. The normalized spacial score (nSPS) is 10.8. The third-order valence-electron chi connectivity index (χ3n) is 6.32. The van der Waals surface area contributed by atoms with Crippen LogP contribution in [0.3, 0.4) is 0 Å². The van der Waals surface area contributed by atoms with Crippen molar-refractivity contribution in [1.29, 1.82) is 0 Å². The minimum atomic E-state index is -0.515. The van der Waals surface area contributed by atoms with Crippen LogP contribution in [0.25, 0.3) is 10.9 Å². The Labute approximate surface area is 230 Å². The molecule has 4 rings (SSSR count). The van der Waals surface area contributed by atoms with Crippen LogP contribution in [-0.4, -0.2) is 47.8 Å². The second-order valence-corrected chi connectivity index (χ2v) is 9.32. The number of aromatic nitrogens is 1. The summed E-state index contributed by atoms with van der Waals surface area (Å²) in [6, 6.07) is 18.5. The highest BCUT2D eigenvalue weighted by atomic mass is 35.5. The molecule has 1 aromatic heterocycles. The van der Waals surface area contributed by atoms with E-state index in [9.17, 15) is 19.5 Å². The molecule has 39 heavy (non-hydrogen) atoms. The van der Waals surface area contributed by atoms with E-state index in [4.69, 9.17) is 25.8 Å². The monoisotopic (exact) mass is 549 g/mol. The molecule has 0 fully saturated rings. The highest BCUT2D eigenvalue weighted by Gasteiger charge is 2.22. The number of carbonyl (C=O) groups excluding carboxylic acids is 3. The lowest BCUT2D eigenvalue weighted by molar-refractivity contribution is -0.151. The summed E-state index contributed by atoms with van der Waals surface area (Å²) in [6.07, 6.45) is 0.562. The molecule has 202 valence electrons. The number of nitrogens with zero attached hydrogens (tertiary/aromatic N) is 1. The summed E-state index contributed by atoms with van der Waals surface area (Å²) in [6.45, 7) is 1.62. The summed E-state index contributed by atoms with van der Waals surface area (Å²) < 4.78 is 17.4. The third-order valence-corrected chi connectivity index (χ3v) is 6.57. The van der Waals surface area contributed by atoms with Gasteiger partial charge in [-0.05, 0) is 79.1 Å². The number of fused-ring (bicyclic) bond motifs is 1. The van der Waals surface area contributed by atoms with Crippen molar-refractivity contribution in [2.75, 3.05) is 20.3 Å². The Morgan fingerprint density at radius 2 is 1.56 bits per heavy atom. The smallest absolute Gasteiger partial charge is 0.310 e. The van der Waals surface area contributed by atoms with Crippen molar-refractivity contribution in [1.82, 2.24) is 4.57 Å². The number of ether oxygens (including phenoxy) is 3. The molecule has 0 saturated carbocycles. The molecule has 0 bridgehead atoms. The molecule has 0 unspecified atom stereocenters. The van der Waals surface area contributed by atoms with E-state index < -0.39 is 11.9 Å². The molecule has 4 aromatic rings. The Morgan fingerprint density at radius 1 is 0.897 bits per heavy atom. The van der Waals surface area contributed by atoms with Gasteiger partial charge in [-0.3, -0.25) is 19.0 Å². The van der Waals surface area contributed by atoms with Crippen LogP contribution < -0.4 is 4.74 Å². The molecule has 0 aliphatic carbocycles. The average molecular weight is 550 g/mol. The van der Waals surface area contributed by atoms with Crippen LogP contribution in [0.15, 0.2) is 66.7 Å². The van der Waals surface area contributed by atoms with Crippen LogP contribution >= 0.6 is 11.6 Å². The maximum Gasteiger partial charge on any atom is 0.310 e. The van der Waals surface area contributed by atoms with E-state index in [1.165, 1.54) is 0 Å². The quantitative estimate of drug-likeness (QED) is 0.212. The number of hydrogen-bond acceptors (Lipinski definition) is 7. The summed E-state index contributed by atoms with van der Waals surface area (Å²) in [4.78, 5) is 38.1. The van der Waals surface area contributed by atoms with E-state index in [0.717, 1.165) is 5.56 Å². The Hall–Kier alpha value is -4.30. The molecule has 0 aliphatic heterocycles. The largest absolute Gasteiger partial charge is 0.508 e. The molecule has 1 N–H and O–H groups in total. The van der Waals surface area contributed by atoms with Gasteiger partial charge in [-0.2, -0.15) is 0 Å². The fourth-order valence-corrected chi connectivity index (χ4v) is 4.41. The van der Waals surface area contributed by atoms with Gasteiger partial charge in [-0.15, -0.1) is 0 Å². The van der Waals surface area contributed by atoms with Crippen molar-refractivity contribution in [3.8, 4) is 11.5 Å². The number of methoxy groups -OCH3 is 1. The van der Waals surface area contributed by atoms with Gasteiger partial charge >= 0.3 is 11.9 Å². The summed E-state index contributed by atoms with van der Waals surface area (Å²) in [5.41, 5.74) is 3.24. The third kappa shape index (κ3) is 6.78. The van der Waals surface area contributed by atoms with Gasteiger partial charge in [-0.25, -0.2) is 0 Å². The van der Waals surface area contributed by atoms with Crippen molar-refractivity contribution in [3.63, 3.8) is 0 Å². The van der Waals surface area contributed by atoms with Crippen molar-refractivity contribution in [2.45, 2.75) is 26.2 Å². The van der Waals surface area contributed by atoms with E-state index in [1.54, 1.807) is 85.3 Å². The second kappa shape index (κ2) is 12.5. The number of halogens is 1. The number of hydrogen-bond donors (Lipinski definition) is 1. The highest BCUT2D eigenvalue weighted by Crippen LogP contribution is 2.31. The molecule has 1 heterocycles. The first-order chi connectivity index (χ1) is 18.8. The van der Waals surface area contributed by atoms with Gasteiger partial charge in [0.25, 0.3) is 5.91 Å². The summed E-state index contributed by atoms with van der Waals surface area (Å²) in [5, 5.41) is 10.6. The van der Waals surface area contributed by atoms with Crippen LogP contribution in [0.4, 0.5) is 0 Å². The number of phenols is 1. The van der Waals surface area contributed by atoms with Gasteiger partial charge in [0.15, 0.2) is 0 Å². The fraction of sp³-hybridized carbons (Fsp3) is 0.233. The van der Waals surface area contributed by atoms with Crippen LogP contribution in [0.5, 0.6) is 11.5 Å². The van der Waals surface area contributed by atoms with Crippen LogP contribution in [0.2, 0.25) is 5.02 Å². The molecule has 8 nitrogen and oxygen atoms in total. The van der Waals surface area contributed by atoms with Gasteiger partial charge < -0.3 is 19.3 Å². The van der Waals surface area contributed by atoms with E-state index >= 15 is 0 Å². The molecule has 0 radical (unpaired) electrons. The number of phenolic OH excluding ortho intramolecular Hbond substituents is 1. The Morgan fingerprint density at radius 3 is 2.23 bits per heavy atom. The number of aromatic hydroxyl groups is 1. The minimum Gasteiger partial charge on any atom is -0.508 e. The summed E-state index contributed by atoms with van der Waals surface area (Å²) >= 11 is 5.98. The predicted molar refractivity (Wildman–Crippen MR) is 146 cm³/mol. The maximum atomic E-state index is 13.4. The first-order valence-electron chi connectivity index (χ1n) is 12.3. The number of aryl methyl sites for hydroxylation is 1. The zero-order chi connectivity index (χ0) is 27.9. The average Bonchev–Trinajstić information content (AvgIpc) is 3.20. The minimum absolute atomic E-state index is 0.0657. The molecule has 3 aromatic carbocycles.